The van der Waals surface area contributed by atoms with Crippen molar-refractivity contribution < 1.29 is 33.5 Å². The molecule has 0 spiro atoms. The number of ether oxygens (including phenoxy) is 1. The second-order valence-corrected chi connectivity index (χ2v) is 5.63. The highest BCUT2D eigenvalue weighted by Crippen LogP contribution is 2.13. The van der Waals surface area contributed by atoms with Gasteiger partial charge in [-0.25, -0.2) is 9.59 Å². The van der Waals surface area contributed by atoms with Gasteiger partial charge in [0, 0.05) is 19.9 Å². The van der Waals surface area contributed by atoms with Crippen LogP contribution >= 0.6 is 0 Å². The van der Waals surface area contributed by atoms with Gasteiger partial charge in [-0.15, -0.1) is 5.06 Å². The van der Waals surface area contributed by atoms with Crippen LogP contribution in [0, 0.1) is 0 Å². The summed E-state index contributed by atoms with van der Waals surface area (Å²) in [5.74, 6) is -3.02. The Bertz CT molecular complexity index is 719. The van der Waals surface area contributed by atoms with E-state index in [1.54, 1.807) is 30.3 Å². The van der Waals surface area contributed by atoms with E-state index in [-0.39, 0.29) is 19.4 Å². The molecule has 1 aromatic carbocycles. The molecule has 10 heteroatoms. The van der Waals surface area contributed by atoms with E-state index in [4.69, 9.17) is 9.57 Å². The maximum absolute atomic E-state index is 12.2. The number of imide groups is 1. The zero-order chi connectivity index (χ0) is 19.8. The van der Waals surface area contributed by atoms with Crippen LogP contribution in [0.2, 0.25) is 0 Å². The number of nitrogens with one attached hydrogen (secondary N) is 2. The Morgan fingerprint density at radius 1 is 1.11 bits per heavy atom. The largest absolute Gasteiger partial charge is 0.445 e. The Balaban J connectivity index is 1.96. The Morgan fingerprint density at radius 2 is 1.74 bits per heavy atom. The lowest BCUT2D eigenvalue weighted by Gasteiger charge is -2.19. The monoisotopic (exact) mass is 377 g/mol. The molecule has 144 valence electrons. The fraction of sp³-hybridized carbons (Fsp3) is 0.353. The third kappa shape index (κ3) is 5.80. The summed E-state index contributed by atoms with van der Waals surface area (Å²) in [5.41, 5.74) is 0.728. The van der Waals surface area contributed by atoms with E-state index in [0.717, 1.165) is 5.56 Å². The van der Waals surface area contributed by atoms with Gasteiger partial charge in [0.15, 0.2) is 0 Å². The molecule has 0 radical (unpaired) electrons. The lowest BCUT2D eigenvalue weighted by molar-refractivity contribution is -0.199. The number of amides is 4. The van der Waals surface area contributed by atoms with E-state index in [2.05, 4.69) is 10.6 Å². The Morgan fingerprint density at radius 3 is 2.33 bits per heavy atom. The van der Waals surface area contributed by atoms with Gasteiger partial charge in [-0.05, 0) is 5.56 Å². The number of hydroxylamine groups is 2. The van der Waals surface area contributed by atoms with Crippen molar-refractivity contribution >= 4 is 29.8 Å². The molecule has 1 aliphatic heterocycles. The van der Waals surface area contributed by atoms with Crippen LogP contribution in [0.4, 0.5) is 4.79 Å². The molecule has 1 fully saturated rings. The first kappa shape index (κ1) is 19.9. The second-order valence-electron chi connectivity index (χ2n) is 5.63. The minimum Gasteiger partial charge on any atom is -0.445 e. The molecule has 0 aromatic heterocycles. The van der Waals surface area contributed by atoms with E-state index in [1.165, 1.54) is 7.05 Å². The Kier molecular flexibility index (Phi) is 6.86. The van der Waals surface area contributed by atoms with Crippen molar-refractivity contribution in [1.29, 1.82) is 0 Å². The minimum absolute atomic E-state index is 0.0441. The van der Waals surface area contributed by atoms with Gasteiger partial charge in [-0.3, -0.25) is 14.4 Å². The molecule has 0 bridgehead atoms. The number of benzene rings is 1. The maximum atomic E-state index is 12.2. The zero-order valence-electron chi connectivity index (χ0n) is 14.6. The van der Waals surface area contributed by atoms with Crippen LogP contribution in [0.1, 0.15) is 24.8 Å². The summed E-state index contributed by atoms with van der Waals surface area (Å²) < 4.78 is 5.00. The average Bonchev–Trinajstić information content (AvgIpc) is 2.98. The highest BCUT2D eigenvalue weighted by atomic mass is 16.7. The normalized spacial score (nSPS) is 14.5. The van der Waals surface area contributed by atoms with E-state index in [0.29, 0.717) is 5.06 Å². The molecule has 0 saturated carbocycles. The van der Waals surface area contributed by atoms with Gasteiger partial charge in [0.05, 0.1) is 6.42 Å². The number of hydrogen-bond acceptors (Lipinski definition) is 7. The molecular formula is C17H19N3O7. The zero-order valence-corrected chi connectivity index (χ0v) is 14.6. The highest BCUT2D eigenvalue weighted by molar-refractivity contribution is 6.02. The number of alkyl carbamates (subject to hydrolysis) is 1. The van der Waals surface area contributed by atoms with Gasteiger partial charge in [0.2, 0.25) is 5.91 Å². The average molecular weight is 377 g/mol. The number of hydrogen-bond donors (Lipinski definition) is 2. The number of rotatable bonds is 7. The van der Waals surface area contributed by atoms with Gasteiger partial charge >= 0.3 is 12.1 Å². The van der Waals surface area contributed by atoms with Gasteiger partial charge in [-0.2, -0.15) is 0 Å². The van der Waals surface area contributed by atoms with Gasteiger partial charge in [-0.1, -0.05) is 30.3 Å². The molecule has 2 N–H and O–H groups in total. The van der Waals surface area contributed by atoms with Crippen LogP contribution in [0.3, 0.4) is 0 Å². The second kappa shape index (κ2) is 9.32. The van der Waals surface area contributed by atoms with Crippen LogP contribution in [-0.2, 0) is 35.4 Å². The molecule has 4 amide bonds. The standard InChI is InChI=1S/C17H19N3O7/c1-18-13(21)9-12(16(24)27-20-14(22)7-8-15(20)23)19-17(25)26-10-11-5-3-2-4-6-11/h2-6,12H,7-10H2,1H3,(H,18,21)(H,19,25). The number of carbonyl (C=O) groups excluding carboxylic acids is 5. The quantitative estimate of drug-likeness (QED) is 0.641. The van der Waals surface area contributed by atoms with Crippen molar-refractivity contribution in [1.82, 2.24) is 15.7 Å². The van der Waals surface area contributed by atoms with E-state index < -0.39 is 42.2 Å². The van der Waals surface area contributed by atoms with Crippen LogP contribution in [0.25, 0.3) is 0 Å². The Labute approximate surface area is 154 Å². The molecule has 2 rings (SSSR count). The van der Waals surface area contributed by atoms with Gasteiger partial charge < -0.3 is 20.2 Å². The lowest BCUT2D eigenvalue weighted by atomic mass is 10.2. The summed E-state index contributed by atoms with van der Waals surface area (Å²) >= 11 is 0. The molecule has 1 unspecified atom stereocenters. The first-order chi connectivity index (χ1) is 12.9. The Hall–Kier alpha value is -3.43. The topological polar surface area (TPSA) is 131 Å². The summed E-state index contributed by atoms with van der Waals surface area (Å²) in [6.45, 7) is -0.0441. The number of carbonyl (C=O) groups is 5. The molecule has 10 nitrogen and oxygen atoms in total. The summed E-state index contributed by atoms with van der Waals surface area (Å²) in [5, 5.41) is 4.86. The van der Waals surface area contributed by atoms with Crippen LogP contribution in [0.5, 0.6) is 0 Å². The van der Waals surface area contributed by atoms with Crippen LogP contribution < -0.4 is 10.6 Å². The van der Waals surface area contributed by atoms with Crippen molar-refractivity contribution in [2.45, 2.75) is 31.9 Å². The first-order valence-corrected chi connectivity index (χ1v) is 8.16. The third-order valence-corrected chi connectivity index (χ3v) is 3.64. The van der Waals surface area contributed by atoms with Crippen LogP contribution in [0.15, 0.2) is 30.3 Å². The maximum Gasteiger partial charge on any atom is 0.408 e. The van der Waals surface area contributed by atoms with Crippen LogP contribution in [-0.4, -0.2) is 47.9 Å². The summed E-state index contributed by atoms with van der Waals surface area (Å²) in [4.78, 5) is 63.6. The molecule has 27 heavy (non-hydrogen) atoms. The minimum atomic E-state index is -1.44. The molecule has 1 aromatic rings. The molecule has 1 saturated heterocycles. The van der Waals surface area contributed by atoms with E-state index >= 15 is 0 Å². The predicted molar refractivity (Wildman–Crippen MR) is 89.4 cm³/mol. The molecular weight excluding hydrogens is 358 g/mol. The van der Waals surface area contributed by atoms with Gasteiger partial charge in [0.25, 0.3) is 11.8 Å². The number of nitrogens with zero attached hydrogens (tertiary/aromatic N) is 1. The molecule has 1 heterocycles. The van der Waals surface area contributed by atoms with Crippen molar-refractivity contribution in [3.8, 4) is 0 Å². The predicted octanol–water partition coefficient (Wildman–Crippen LogP) is 0.0247. The van der Waals surface area contributed by atoms with E-state index in [1.807, 2.05) is 0 Å². The third-order valence-electron chi connectivity index (χ3n) is 3.64. The van der Waals surface area contributed by atoms with Crippen molar-refractivity contribution in [3.63, 3.8) is 0 Å². The summed E-state index contributed by atoms with van der Waals surface area (Å²) in [6, 6.07) is 7.40. The lowest BCUT2D eigenvalue weighted by Crippen LogP contribution is -2.47. The fourth-order valence-corrected chi connectivity index (χ4v) is 2.20. The highest BCUT2D eigenvalue weighted by Gasteiger charge is 2.36. The van der Waals surface area contributed by atoms with Crippen molar-refractivity contribution in [2.75, 3.05) is 7.05 Å². The summed E-state index contributed by atoms with van der Waals surface area (Å²) in [7, 11) is 1.35. The molecule has 1 aliphatic rings. The SMILES string of the molecule is CNC(=O)CC(NC(=O)OCc1ccccc1)C(=O)ON1C(=O)CCC1=O. The summed E-state index contributed by atoms with van der Waals surface area (Å²) in [6.07, 6.45) is -1.55. The van der Waals surface area contributed by atoms with Gasteiger partial charge in [0.1, 0.15) is 12.6 Å². The van der Waals surface area contributed by atoms with Crippen molar-refractivity contribution in [2.24, 2.45) is 0 Å². The fourth-order valence-electron chi connectivity index (χ4n) is 2.20. The van der Waals surface area contributed by atoms with E-state index in [9.17, 15) is 24.0 Å². The smallest absolute Gasteiger partial charge is 0.408 e. The molecule has 1 atom stereocenters. The first-order valence-electron chi connectivity index (χ1n) is 8.16. The molecule has 0 aliphatic carbocycles. The van der Waals surface area contributed by atoms with Crippen molar-refractivity contribution in [3.05, 3.63) is 35.9 Å².